The van der Waals surface area contributed by atoms with E-state index in [1.54, 1.807) is 6.92 Å². The fourth-order valence-corrected chi connectivity index (χ4v) is 1.05. The first-order chi connectivity index (χ1) is 7.04. The van der Waals surface area contributed by atoms with Crippen molar-refractivity contribution < 1.29 is 23.8 Å². The zero-order valence-corrected chi connectivity index (χ0v) is 8.27. The number of carboxylic acids is 1. The molecule has 0 aliphatic rings. The van der Waals surface area contributed by atoms with Crippen LogP contribution >= 0.6 is 0 Å². The van der Waals surface area contributed by atoms with Crippen LogP contribution in [0, 0.1) is 6.92 Å². The fraction of sp³-hybridized carbons (Fsp3) is 0.200. The van der Waals surface area contributed by atoms with Crippen LogP contribution in [0.3, 0.4) is 0 Å². The van der Waals surface area contributed by atoms with E-state index in [1.165, 1.54) is 19.3 Å². The number of aryl methyl sites for hydroxylation is 1. The van der Waals surface area contributed by atoms with Gasteiger partial charge in [0.25, 0.3) is 0 Å². The largest absolute Gasteiger partial charge is 0.545 e. The van der Waals surface area contributed by atoms with Crippen molar-refractivity contribution in [1.82, 2.24) is 0 Å². The zero-order valence-electron chi connectivity index (χ0n) is 8.27. The van der Waals surface area contributed by atoms with Crippen molar-refractivity contribution in [3.05, 3.63) is 29.2 Å². The lowest BCUT2D eigenvalue weighted by molar-refractivity contribution is -0.297. The van der Waals surface area contributed by atoms with Crippen LogP contribution in [0.1, 0.15) is 21.9 Å². The number of furan rings is 1. The van der Waals surface area contributed by atoms with E-state index in [1.807, 2.05) is 0 Å². The number of methoxy groups -OCH3 is 1. The number of rotatable bonds is 3. The van der Waals surface area contributed by atoms with Gasteiger partial charge in [0.1, 0.15) is 17.1 Å². The van der Waals surface area contributed by atoms with Crippen molar-refractivity contribution in [2.45, 2.75) is 6.92 Å². The molecule has 0 radical (unpaired) electrons. The van der Waals surface area contributed by atoms with E-state index in [0.717, 1.165) is 6.08 Å². The highest BCUT2D eigenvalue weighted by atomic mass is 16.5. The molecule has 1 aromatic heterocycles. The molecule has 0 aromatic carbocycles. The maximum absolute atomic E-state index is 11.2. The molecule has 5 heteroatoms. The number of hydrogen-bond donors (Lipinski definition) is 0. The third-order valence-corrected chi connectivity index (χ3v) is 1.73. The van der Waals surface area contributed by atoms with Gasteiger partial charge in [-0.15, -0.1) is 0 Å². The number of carbonyl (C=O) groups excluding carboxylic acids is 2. The summed E-state index contributed by atoms with van der Waals surface area (Å²) in [5.74, 6) is -1.22. The first kappa shape index (κ1) is 11.0. The number of esters is 1. The van der Waals surface area contributed by atoms with Crippen molar-refractivity contribution in [2.75, 3.05) is 7.11 Å². The molecule has 15 heavy (non-hydrogen) atoms. The minimum absolute atomic E-state index is 0.261. The number of aliphatic carboxylic acids is 1. The van der Waals surface area contributed by atoms with Gasteiger partial charge in [-0.05, 0) is 25.1 Å². The lowest BCUT2D eigenvalue weighted by atomic mass is 10.2. The van der Waals surface area contributed by atoms with Crippen molar-refractivity contribution in [3.8, 4) is 0 Å². The third-order valence-electron chi connectivity index (χ3n) is 1.73. The molecule has 0 aliphatic heterocycles. The van der Waals surface area contributed by atoms with Gasteiger partial charge < -0.3 is 19.1 Å². The van der Waals surface area contributed by atoms with Crippen LogP contribution in [0.25, 0.3) is 6.08 Å². The third kappa shape index (κ3) is 2.70. The molecule has 1 heterocycles. The van der Waals surface area contributed by atoms with Crippen LogP contribution in [-0.4, -0.2) is 19.0 Å². The Balaban J connectivity index is 2.95. The highest BCUT2D eigenvalue weighted by Gasteiger charge is 2.13. The predicted octanol–water partition coefficient (Wildman–Crippen LogP) is 0.138. The van der Waals surface area contributed by atoms with Crippen LogP contribution in [0.15, 0.2) is 16.6 Å². The smallest absolute Gasteiger partial charge is 0.341 e. The summed E-state index contributed by atoms with van der Waals surface area (Å²) in [7, 11) is 1.26. The van der Waals surface area contributed by atoms with Gasteiger partial charge in [0.05, 0.1) is 13.1 Å². The molecule has 0 unspecified atom stereocenters. The highest BCUT2D eigenvalue weighted by molar-refractivity contribution is 5.91. The molecule has 0 fully saturated rings. The molecular weight excluding hydrogens is 200 g/mol. The highest BCUT2D eigenvalue weighted by Crippen LogP contribution is 2.16. The second kappa shape index (κ2) is 4.45. The van der Waals surface area contributed by atoms with Gasteiger partial charge in [-0.2, -0.15) is 0 Å². The lowest BCUT2D eigenvalue weighted by Crippen LogP contribution is -2.18. The molecule has 1 aromatic rings. The molecule has 0 saturated heterocycles. The molecule has 1 rings (SSSR count). The summed E-state index contributed by atoms with van der Waals surface area (Å²) in [4.78, 5) is 21.3. The summed E-state index contributed by atoms with van der Waals surface area (Å²) < 4.78 is 9.61. The maximum Gasteiger partial charge on any atom is 0.341 e. The Hall–Kier alpha value is -2.04. The van der Waals surface area contributed by atoms with E-state index in [-0.39, 0.29) is 11.3 Å². The van der Waals surface area contributed by atoms with E-state index in [0.29, 0.717) is 5.76 Å². The SMILES string of the molecule is COC(=O)c1cc(/C=C/C(=O)[O-])oc1C. The Morgan fingerprint density at radius 2 is 2.20 bits per heavy atom. The van der Waals surface area contributed by atoms with Crippen LogP contribution in [0.2, 0.25) is 0 Å². The van der Waals surface area contributed by atoms with Gasteiger partial charge in [-0.1, -0.05) is 0 Å². The molecule has 0 amide bonds. The number of carbonyl (C=O) groups is 2. The fourth-order valence-electron chi connectivity index (χ4n) is 1.05. The number of hydrogen-bond acceptors (Lipinski definition) is 5. The Morgan fingerprint density at radius 1 is 1.53 bits per heavy atom. The standard InChI is InChI=1S/C10H10O5/c1-6-8(10(13)14-2)5-7(15-6)3-4-9(11)12/h3-5H,1-2H3,(H,11,12)/p-1/b4-3+. The summed E-state index contributed by atoms with van der Waals surface area (Å²) in [5, 5.41) is 10.1. The summed E-state index contributed by atoms with van der Waals surface area (Å²) in [6.45, 7) is 1.59. The second-order valence-corrected chi connectivity index (χ2v) is 2.76. The van der Waals surface area contributed by atoms with Gasteiger partial charge in [-0.3, -0.25) is 0 Å². The average Bonchev–Trinajstić information content (AvgIpc) is 2.55. The van der Waals surface area contributed by atoms with E-state index in [9.17, 15) is 14.7 Å². The summed E-state index contributed by atoms with van der Waals surface area (Å²) in [6.07, 6.45) is 2.02. The quantitative estimate of drug-likeness (QED) is 0.522. The van der Waals surface area contributed by atoms with E-state index < -0.39 is 11.9 Å². The molecule has 0 spiro atoms. The maximum atomic E-state index is 11.2. The molecule has 0 bridgehead atoms. The van der Waals surface area contributed by atoms with E-state index in [2.05, 4.69) is 4.74 Å². The summed E-state index contributed by atoms with van der Waals surface area (Å²) >= 11 is 0. The van der Waals surface area contributed by atoms with Crippen molar-refractivity contribution in [2.24, 2.45) is 0 Å². The zero-order chi connectivity index (χ0) is 11.4. The Morgan fingerprint density at radius 3 is 2.73 bits per heavy atom. The lowest BCUT2D eigenvalue weighted by Gasteiger charge is -1.93. The Bertz CT molecular complexity index is 413. The van der Waals surface area contributed by atoms with Crippen molar-refractivity contribution >= 4 is 18.0 Å². The van der Waals surface area contributed by atoms with E-state index >= 15 is 0 Å². The normalized spacial score (nSPS) is 10.5. The van der Waals surface area contributed by atoms with Gasteiger partial charge in [0.15, 0.2) is 0 Å². The Labute approximate surface area is 86.0 Å². The monoisotopic (exact) mass is 209 g/mol. The summed E-state index contributed by atoms with van der Waals surface area (Å²) in [6, 6.07) is 1.40. The van der Waals surface area contributed by atoms with Crippen LogP contribution in [0.4, 0.5) is 0 Å². The molecule has 0 atom stereocenters. The van der Waals surface area contributed by atoms with Crippen LogP contribution in [0.5, 0.6) is 0 Å². The molecule has 80 valence electrons. The van der Waals surface area contributed by atoms with Crippen molar-refractivity contribution in [3.63, 3.8) is 0 Å². The van der Waals surface area contributed by atoms with Crippen molar-refractivity contribution in [1.29, 1.82) is 0 Å². The molecule has 0 N–H and O–H groups in total. The van der Waals surface area contributed by atoms with Gasteiger partial charge >= 0.3 is 5.97 Å². The van der Waals surface area contributed by atoms with Crippen LogP contribution < -0.4 is 5.11 Å². The predicted molar refractivity (Wildman–Crippen MR) is 48.8 cm³/mol. The molecular formula is C10H9O5-. The first-order valence-corrected chi connectivity index (χ1v) is 4.12. The number of ether oxygens (including phenoxy) is 1. The topological polar surface area (TPSA) is 79.6 Å². The van der Waals surface area contributed by atoms with E-state index in [4.69, 9.17) is 4.42 Å². The van der Waals surface area contributed by atoms with Gasteiger partial charge in [0.2, 0.25) is 0 Å². The summed E-state index contributed by atoms with van der Waals surface area (Å²) in [5.41, 5.74) is 0.274. The van der Waals surface area contributed by atoms with Crippen LogP contribution in [-0.2, 0) is 9.53 Å². The second-order valence-electron chi connectivity index (χ2n) is 2.76. The van der Waals surface area contributed by atoms with Gasteiger partial charge in [-0.25, -0.2) is 4.79 Å². The van der Waals surface area contributed by atoms with Gasteiger partial charge in [0, 0.05) is 0 Å². The molecule has 5 nitrogen and oxygen atoms in total. The Kier molecular flexibility index (Phi) is 3.28. The molecule has 0 saturated carbocycles. The minimum atomic E-state index is -1.33. The average molecular weight is 209 g/mol. The molecule has 0 aliphatic carbocycles. The minimum Gasteiger partial charge on any atom is -0.545 e. The number of carboxylic acid groups (broad SMARTS) is 1. The first-order valence-electron chi connectivity index (χ1n) is 4.12.